The predicted octanol–water partition coefficient (Wildman–Crippen LogP) is 4.81. The molecular weight excluding hydrogens is 290 g/mol. The lowest BCUT2D eigenvalue weighted by Gasteiger charge is -2.18. The summed E-state index contributed by atoms with van der Waals surface area (Å²) in [5.74, 6) is 0.715. The van der Waals surface area contributed by atoms with Crippen LogP contribution in [0.15, 0.2) is 30.3 Å². The van der Waals surface area contributed by atoms with E-state index in [1.54, 1.807) is 7.11 Å². The Morgan fingerprint density at radius 1 is 1.30 bits per heavy atom. The summed E-state index contributed by atoms with van der Waals surface area (Å²) in [6.07, 6.45) is 1.10. The fraction of sp³-hybridized carbons (Fsp3) is 0.375. The van der Waals surface area contributed by atoms with E-state index in [9.17, 15) is 0 Å². The average Bonchev–Trinajstić information content (AvgIpc) is 2.86. The number of rotatable bonds is 6. The number of hydrogen-bond donors (Lipinski definition) is 1. The van der Waals surface area contributed by atoms with Gasteiger partial charge in [-0.1, -0.05) is 24.6 Å². The van der Waals surface area contributed by atoms with E-state index < -0.39 is 0 Å². The SMILES string of the molecule is CCCNC(c1ccc(OC)c(Cl)c1)c1ccc(C)s1. The second-order valence-corrected chi connectivity index (χ2v) is 6.46. The molecule has 108 valence electrons. The molecule has 0 fully saturated rings. The minimum absolute atomic E-state index is 0.192. The summed E-state index contributed by atoms with van der Waals surface area (Å²) in [6.45, 7) is 5.28. The third-order valence-electron chi connectivity index (χ3n) is 3.15. The molecule has 1 unspecified atom stereocenters. The van der Waals surface area contributed by atoms with Crippen LogP contribution in [0, 0.1) is 6.92 Å². The van der Waals surface area contributed by atoms with Gasteiger partial charge in [0.25, 0.3) is 0 Å². The zero-order valence-electron chi connectivity index (χ0n) is 12.1. The van der Waals surface area contributed by atoms with E-state index in [-0.39, 0.29) is 6.04 Å². The van der Waals surface area contributed by atoms with Gasteiger partial charge in [0, 0.05) is 9.75 Å². The molecule has 2 aromatic rings. The maximum absolute atomic E-state index is 6.25. The number of aryl methyl sites for hydroxylation is 1. The molecule has 0 radical (unpaired) electrons. The zero-order valence-corrected chi connectivity index (χ0v) is 13.6. The molecule has 0 spiro atoms. The van der Waals surface area contributed by atoms with Gasteiger partial charge in [-0.3, -0.25) is 0 Å². The highest BCUT2D eigenvalue weighted by atomic mass is 35.5. The quantitative estimate of drug-likeness (QED) is 0.827. The molecule has 4 heteroatoms. The molecule has 1 aromatic heterocycles. The first-order chi connectivity index (χ1) is 9.65. The van der Waals surface area contributed by atoms with E-state index >= 15 is 0 Å². The molecule has 0 saturated heterocycles. The number of thiophene rings is 1. The number of nitrogens with one attached hydrogen (secondary N) is 1. The van der Waals surface area contributed by atoms with Crippen molar-refractivity contribution in [1.29, 1.82) is 0 Å². The van der Waals surface area contributed by atoms with Gasteiger partial charge in [-0.05, 0) is 49.7 Å². The fourth-order valence-electron chi connectivity index (χ4n) is 2.14. The molecule has 1 heterocycles. The van der Waals surface area contributed by atoms with Crippen LogP contribution in [0.5, 0.6) is 5.75 Å². The van der Waals surface area contributed by atoms with Crippen molar-refractivity contribution >= 4 is 22.9 Å². The molecule has 0 aliphatic carbocycles. The molecule has 1 N–H and O–H groups in total. The Kier molecular flexibility index (Phi) is 5.46. The minimum atomic E-state index is 0.192. The molecule has 0 amide bonds. The molecule has 0 aliphatic heterocycles. The Hall–Kier alpha value is -1.03. The Bertz CT molecular complexity index is 567. The monoisotopic (exact) mass is 309 g/mol. The van der Waals surface area contributed by atoms with Gasteiger partial charge in [-0.25, -0.2) is 0 Å². The lowest BCUT2D eigenvalue weighted by molar-refractivity contribution is 0.414. The summed E-state index contributed by atoms with van der Waals surface area (Å²) in [7, 11) is 1.64. The first-order valence-electron chi connectivity index (χ1n) is 6.79. The topological polar surface area (TPSA) is 21.3 Å². The largest absolute Gasteiger partial charge is 0.495 e. The molecule has 2 nitrogen and oxygen atoms in total. The van der Waals surface area contributed by atoms with E-state index in [0.717, 1.165) is 13.0 Å². The Morgan fingerprint density at radius 3 is 2.65 bits per heavy atom. The van der Waals surface area contributed by atoms with Crippen LogP contribution in [-0.4, -0.2) is 13.7 Å². The third-order valence-corrected chi connectivity index (χ3v) is 4.51. The molecule has 20 heavy (non-hydrogen) atoms. The minimum Gasteiger partial charge on any atom is -0.495 e. The maximum atomic E-state index is 6.25. The molecule has 1 aromatic carbocycles. The van der Waals surface area contributed by atoms with Gasteiger partial charge in [0.05, 0.1) is 18.2 Å². The lowest BCUT2D eigenvalue weighted by atomic mass is 10.0. The van der Waals surface area contributed by atoms with Crippen LogP contribution in [0.2, 0.25) is 5.02 Å². The van der Waals surface area contributed by atoms with Gasteiger partial charge in [0.15, 0.2) is 0 Å². The number of ether oxygens (including phenoxy) is 1. The number of hydrogen-bond acceptors (Lipinski definition) is 3. The highest BCUT2D eigenvalue weighted by Crippen LogP contribution is 2.33. The lowest BCUT2D eigenvalue weighted by Crippen LogP contribution is -2.22. The molecule has 0 bridgehead atoms. The van der Waals surface area contributed by atoms with Crippen molar-refractivity contribution in [3.63, 3.8) is 0 Å². The van der Waals surface area contributed by atoms with Crippen molar-refractivity contribution in [2.75, 3.05) is 13.7 Å². The van der Waals surface area contributed by atoms with Crippen molar-refractivity contribution in [3.05, 3.63) is 50.7 Å². The number of halogens is 1. The Labute approximate surface area is 129 Å². The Morgan fingerprint density at radius 2 is 2.10 bits per heavy atom. The summed E-state index contributed by atoms with van der Waals surface area (Å²) in [4.78, 5) is 2.64. The third kappa shape index (κ3) is 3.54. The van der Waals surface area contributed by atoms with E-state index in [1.165, 1.54) is 15.3 Å². The number of methoxy groups -OCH3 is 1. The first kappa shape index (κ1) is 15.4. The van der Waals surface area contributed by atoms with Crippen LogP contribution in [0.3, 0.4) is 0 Å². The molecule has 1 atom stereocenters. The van der Waals surface area contributed by atoms with Crippen LogP contribution < -0.4 is 10.1 Å². The van der Waals surface area contributed by atoms with Crippen molar-refractivity contribution in [3.8, 4) is 5.75 Å². The van der Waals surface area contributed by atoms with E-state index in [1.807, 2.05) is 23.5 Å². The summed E-state index contributed by atoms with van der Waals surface area (Å²) < 4.78 is 5.22. The van der Waals surface area contributed by atoms with Gasteiger partial charge in [0.1, 0.15) is 5.75 Å². The zero-order chi connectivity index (χ0) is 14.5. The molecule has 0 saturated carbocycles. The van der Waals surface area contributed by atoms with Crippen LogP contribution in [0.1, 0.15) is 34.7 Å². The fourth-order valence-corrected chi connectivity index (χ4v) is 3.39. The van der Waals surface area contributed by atoms with Gasteiger partial charge in [0.2, 0.25) is 0 Å². The van der Waals surface area contributed by atoms with Crippen molar-refractivity contribution in [2.45, 2.75) is 26.3 Å². The maximum Gasteiger partial charge on any atom is 0.137 e. The van der Waals surface area contributed by atoms with E-state index in [0.29, 0.717) is 10.8 Å². The Balaban J connectivity index is 2.33. The number of benzene rings is 1. The van der Waals surface area contributed by atoms with Gasteiger partial charge in [-0.15, -0.1) is 11.3 Å². The first-order valence-corrected chi connectivity index (χ1v) is 7.98. The highest BCUT2D eigenvalue weighted by molar-refractivity contribution is 7.12. The standard InChI is InChI=1S/C16H20ClNOS/c1-4-9-18-16(15-8-5-11(2)20-15)12-6-7-14(19-3)13(17)10-12/h5-8,10,16,18H,4,9H2,1-3H3. The highest BCUT2D eigenvalue weighted by Gasteiger charge is 2.16. The predicted molar refractivity (Wildman–Crippen MR) is 87.2 cm³/mol. The van der Waals surface area contributed by atoms with Crippen molar-refractivity contribution < 1.29 is 4.74 Å². The second-order valence-electron chi connectivity index (χ2n) is 4.73. The normalized spacial score (nSPS) is 12.4. The van der Waals surface area contributed by atoms with Crippen molar-refractivity contribution in [1.82, 2.24) is 5.32 Å². The average molecular weight is 310 g/mol. The van der Waals surface area contributed by atoms with Gasteiger partial charge < -0.3 is 10.1 Å². The summed E-state index contributed by atoms with van der Waals surface area (Å²) in [6, 6.07) is 10.5. The summed E-state index contributed by atoms with van der Waals surface area (Å²) in [5, 5.41) is 4.25. The van der Waals surface area contributed by atoms with Crippen LogP contribution in [0.4, 0.5) is 0 Å². The van der Waals surface area contributed by atoms with E-state index in [2.05, 4.69) is 37.4 Å². The van der Waals surface area contributed by atoms with Gasteiger partial charge >= 0.3 is 0 Å². The van der Waals surface area contributed by atoms with Crippen LogP contribution in [0.25, 0.3) is 0 Å². The van der Waals surface area contributed by atoms with E-state index in [4.69, 9.17) is 16.3 Å². The van der Waals surface area contributed by atoms with Crippen molar-refractivity contribution in [2.24, 2.45) is 0 Å². The molecule has 0 aliphatic rings. The molecular formula is C16H20ClNOS. The summed E-state index contributed by atoms with van der Waals surface area (Å²) in [5.41, 5.74) is 1.17. The molecule has 2 rings (SSSR count). The van der Waals surface area contributed by atoms with Crippen LogP contribution >= 0.6 is 22.9 Å². The van der Waals surface area contributed by atoms with Crippen LogP contribution in [-0.2, 0) is 0 Å². The second kappa shape index (κ2) is 7.11. The van der Waals surface area contributed by atoms with Gasteiger partial charge in [-0.2, -0.15) is 0 Å². The summed E-state index contributed by atoms with van der Waals surface area (Å²) >= 11 is 8.07. The smallest absolute Gasteiger partial charge is 0.137 e.